The lowest BCUT2D eigenvalue weighted by Crippen LogP contribution is -2.44. The molecule has 1 aromatic heterocycles. The van der Waals surface area contributed by atoms with Crippen molar-refractivity contribution in [2.24, 2.45) is 5.41 Å². The fraction of sp³-hybridized carbons (Fsp3) is 0.429. The van der Waals surface area contributed by atoms with E-state index in [4.69, 9.17) is 4.74 Å². The highest BCUT2D eigenvalue weighted by Crippen LogP contribution is 2.38. The van der Waals surface area contributed by atoms with Crippen molar-refractivity contribution in [2.45, 2.75) is 25.4 Å². The van der Waals surface area contributed by atoms with Crippen LogP contribution in [0.25, 0.3) is 0 Å². The predicted molar refractivity (Wildman–Crippen MR) is 102 cm³/mol. The molecule has 2 aromatic rings. The van der Waals surface area contributed by atoms with Crippen molar-refractivity contribution in [2.75, 3.05) is 31.7 Å². The van der Waals surface area contributed by atoms with Crippen LogP contribution in [-0.4, -0.2) is 42.9 Å². The van der Waals surface area contributed by atoms with Gasteiger partial charge in [0.25, 0.3) is 0 Å². The van der Waals surface area contributed by atoms with E-state index in [1.165, 1.54) is 13.2 Å². The minimum absolute atomic E-state index is 0.122. The molecule has 5 nitrogen and oxygen atoms in total. The van der Waals surface area contributed by atoms with Gasteiger partial charge in [-0.3, -0.25) is 0 Å². The maximum atomic E-state index is 13.0. The molecule has 0 unspecified atom stereocenters. The lowest BCUT2D eigenvalue weighted by atomic mass is 9.74. The van der Waals surface area contributed by atoms with E-state index in [0.29, 0.717) is 49.3 Å². The van der Waals surface area contributed by atoms with Gasteiger partial charge in [-0.1, -0.05) is 18.2 Å². The van der Waals surface area contributed by atoms with Crippen molar-refractivity contribution >= 4 is 11.8 Å². The number of anilines is 1. The van der Waals surface area contributed by atoms with Gasteiger partial charge in [-0.15, -0.1) is 0 Å². The Morgan fingerprint density at radius 1 is 1.24 bits per heavy atom. The number of hydrogen-bond donors (Lipinski definition) is 1. The van der Waals surface area contributed by atoms with Crippen molar-refractivity contribution in [3.63, 3.8) is 0 Å². The van der Waals surface area contributed by atoms with Crippen LogP contribution in [0.4, 0.5) is 19.0 Å². The van der Waals surface area contributed by atoms with Gasteiger partial charge in [0.15, 0.2) is 0 Å². The van der Waals surface area contributed by atoms with Gasteiger partial charge in [-0.05, 0) is 43.0 Å². The summed E-state index contributed by atoms with van der Waals surface area (Å²) >= 11 is 0. The summed E-state index contributed by atoms with van der Waals surface area (Å²) in [4.78, 5) is 18.2. The van der Waals surface area contributed by atoms with Crippen LogP contribution in [-0.2, 0) is 17.3 Å². The summed E-state index contributed by atoms with van der Waals surface area (Å²) in [5.41, 5.74) is -0.280. The van der Waals surface area contributed by atoms with E-state index >= 15 is 0 Å². The van der Waals surface area contributed by atoms with Gasteiger partial charge >= 0.3 is 12.1 Å². The second kappa shape index (κ2) is 8.41. The molecule has 0 amide bonds. The molecular formula is C21H23F3N2O3. The molecule has 1 fully saturated rings. The molecule has 29 heavy (non-hydrogen) atoms. The quantitative estimate of drug-likeness (QED) is 0.765. The number of piperidine rings is 1. The zero-order valence-electron chi connectivity index (χ0n) is 16.1. The van der Waals surface area contributed by atoms with Gasteiger partial charge in [0, 0.05) is 31.3 Å². The van der Waals surface area contributed by atoms with E-state index in [1.54, 1.807) is 24.4 Å². The van der Waals surface area contributed by atoms with Crippen molar-refractivity contribution in [3.8, 4) is 0 Å². The molecule has 1 saturated heterocycles. The summed E-state index contributed by atoms with van der Waals surface area (Å²) in [6.45, 7) is 0.935. The Labute approximate surface area is 167 Å². The summed E-state index contributed by atoms with van der Waals surface area (Å²) in [5, 5.41) is 10.0. The predicted octanol–water partition coefficient (Wildman–Crippen LogP) is 3.71. The Hall–Kier alpha value is -2.61. The average molecular weight is 408 g/mol. The third kappa shape index (κ3) is 4.70. The second-order valence-electron chi connectivity index (χ2n) is 7.39. The number of ether oxygens (including phenoxy) is 1. The first-order valence-electron chi connectivity index (χ1n) is 9.33. The number of carbonyl (C=O) groups excluding carboxylic acids is 1. The van der Waals surface area contributed by atoms with Crippen molar-refractivity contribution in [1.29, 1.82) is 0 Å². The summed E-state index contributed by atoms with van der Waals surface area (Å²) < 4.78 is 43.8. The summed E-state index contributed by atoms with van der Waals surface area (Å²) in [6, 6.07) is 8.56. The van der Waals surface area contributed by atoms with Crippen LogP contribution in [0.3, 0.4) is 0 Å². The number of aromatic nitrogens is 1. The summed E-state index contributed by atoms with van der Waals surface area (Å²) in [6.07, 6.45) is -1.31. The third-order valence-electron chi connectivity index (χ3n) is 5.48. The number of halogens is 3. The molecule has 0 bridgehead atoms. The highest BCUT2D eigenvalue weighted by Gasteiger charge is 2.36. The Morgan fingerprint density at radius 3 is 2.59 bits per heavy atom. The number of rotatable bonds is 5. The minimum Gasteiger partial charge on any atom is -0.465 e. The number of methoxy groups -OCH3 is 1. The molecule has 0 atom stereocenters. The second-order valence-corrected chi connectivity index (χ2v) is 7.39. The van der Waals surface area contributed by atoms with Crippen molar-refractivity contribution in [1.82, 2.24) is 4.98 Å². The molecule has 3 rings (SSSR count). The number of aliphatic hydroxyl groups excluding tert-OH is 1. The Bertz CT molecular complexity index is 862. The highest BCUT2D eigenvalue weighted by molar-refractivity contribution is 5.94. The Balaban J connectivity index is 1.75. The van der Waals surface area contributed by atoms with Crippen LogP contribution in [0.1, 0.15) is 34.3 Å². The molecule has 0 aliphatic carbocycles. The number of benzene rings is 1. The summed E-state index contributed by atoms with van der Waals surface area (Å²) in [7, 11) is 1.31. The lowest BCUT2D eigenvalue weighted by molar-refractivity contribution is -0.137. The fourth-order valence-corrected chi connectivity index (χ4v) is 3.79. The number of hydrogen-bond acceptors (Lipinski definition) is 5. The topological polar surface area (TPSA) is 62.7 Å². The van der Waals surface area contributed by atoms with Crippen molar-refractivity contribution < 1.29 is 27.8 Å². The number of aliphatic hydroxyl groups is 1. The zero-order chi connectivity index (χ0) is 21.1. The maximum Gasteiger partial charge on any atom is 0.416 e. The lowest BCUT2D eigenvalue weighted by Gasteiger charge is -2.41. The molecule has 1 aliphatic heterocycles. The first-order chi connectivity index (χ1) is 13.8. The van der Waals surface area contributed by atoms with Gasteiger partial charge in [-0.2, -0.15) is 13.2 Å². The largest absolute Gasteiger partial charge is 0.465 e. The standard InChI is InChI=1S/C21H23F3N2O3/c1-29-19(28)17-6-3-9-25-18(17)26-10-7-20(14-27,8-11-26)13-15-4-2-5-16(12-15)21(22,23)24/h2-6,9,12,27H,7-8,10-11,13-14H2,1H3. The minimum atomic E-state index is -4.39. The number of esters is 1. The molecule has 156 valence electrons. The normalized spacial score (nSPS) is 16.5. The molecule has 1 aromatic carbocycles. The van der Waals surface area contributed by atoms with E-state index in [2.05, 4.69) is 4.98 Å². The highest BCUT2D eigenvalue weighted by atomic mass is 19.4. The van der Waals surface area contributed by atoms with Crippen LogP contribution >= 0.6 is 0 Å². The van der Waals surface area contributed by atoms with Gasteiger partial charge in [0.2, 0.25) is 0 Å². The molecular weight excluding hydrogens is 385 g/mol. The van der Waals surface area contributed by atoms with Crippen LogP contribution in [0.2, 0.25) is 0 Å². The SMILES string of the molecule is COC(=O)c1cccnc1N1CCC(CO)(Cc2cccc(C(F)(F)F)c2)CC1. The fourth-order valence-electron chi connectivity index (χ4n) is 3.79. The van der Waals surface area contributed by atoms with E-state index < -0.39 is 23.1 Å². The molecule has 2 heterocycles. The number of nitrogens with zero attached hydrogens (tertiary/aromatic N) is 2. The molecule has 0 saturated carbocycles. The Morgan fingerprint density at radius 2 is 1.97 bits per heavy atom. The van der Waals surface area contributed by atoms with Crippen LogP contribution < -0.4 is 4.90 Å². The van der Waals surface area contributed by atoms with E-state index in [1.807, 2.05) is 4.90 Å². The van der Waals surface area contributed by atoms with Gasteiger partial charge < -0.3 is 14.7 Å². The molecule has 0 spiro atoms. The van der Waals surface area contributed by atoms with E-state index in [-0.39, 0.29) is 6.61 Å². The van der Waals surface area contributed by atoms with Crippen LogP contribution in [0, 0.1) is 5.41 Å². The Kier molecular flexibility index (Phi) is 6.12. The van der Waals surface area contributed by atoms with Gasteiger partial charge in [0.05, 0.1) is 12.7 Å². The summed E-state index contributed by atoms with van der Waals surface area (Å²) in [5.74, 6) is 0.0426. The van der Waals surface area contributed by atoms with Gasteiger partial charge in [0.1, 0.15) is 11.4 Å². The van der Waals surface area contributed by atoms with Crippen LogP contribution in [0.5, 0.6) is 0 Å². The average Bonchev–Trinajstić information content (AvgIpc) is 2.73. The van der Waals surface area contributed by atoms with Gasteiger partial charge in [-0.25, -0.2) is 9.78 Å². The molecule has 1 N–H and O–H groups in total. The number of carbonyl (C=O) groups is 1. The first-order valence-corrected chi connectivity index (χ1v) is 9.33. The molecule has 8 heteroatoms. The molecule has 1 aliphatic rings. The number of pyridine rings is 1. The third-order valence-corrected chi connectivity index (χ3v) is 5.48. The first kappa shape index (κ1) is 21.1. The van der Waals surface area contributed by atoms with Crippen molar-refractivity contribution in [3.05, 3.63) is 59.3 Å². The monoisotopic (exact) mass is 408 g/mol. The molecule has 0 radical (unpaired) electrons. The zero-order valence-corrected chi connectivity index (χ0v) is 16.1. The smallest absolute Gasteiger partial charge is 0.416 e. The number of alkyl halides is 3. The van der Waals surface area contributed by atoms with E-state index in [9.17, 15) is 23.1 Å². The van der Waals surface area contributed by atoms with E-state index in [0.717, 1.165) is 12.1 Å². The van der Waals surface area contributed by atoms with Crippen LogP contribution in [0.15, 0.2) is 42.6 Å². The maximum absolute atomic E-state index is 13.0.